The van der Waals surface area contributed by atoms with Gasteiger partial charge in [0.15, 0.2) is 17.4 Å². The highest BCUT2D eigenvalue weighted by Crippen LogP contribution is 2.29. The highest BCUT2D eigenvalue weighted by molar-refractivity contribution is 7.99. The Hall–Kier alpha value is -2.36. The first-order valence-electron chi connectivity index (χ1n) is 9.09. The molecule has 0 fully saturated rings. The van der Waals surface area contributed by atoms with Crippen LogP contribution in [0.25, 0.3) is 0 Å². The number of alkyl halides is 3. The van der Waals surface area contributed by atoms with E-state index in [1.807, 2.05) is 0 Å². The van der Waals surface area contributed by atoms with Crippen LogP contribution >= 0.6 is 11.8 Å². The fourth-order valence-electron chi connectivity index (χ4n) is 2.45. The summed E-state index contributed by atoms with van der Waals surface area (Å²) in [7, 11) is 0. The minimum absolute atomic E-state index is 0.0128. The van der Waals surface area contributed by atoms with Crippen LogP contribution in [0.1, 0.15) is 30.9 Å². The number of rotatable bonds is 10. The number of carbonyl (C=O) groups is 1. The summed E-state index contributed by atoms with van der Waals surface area (Å²) in [4.78, 5) is 15.4. The summed E-state index contributed by atoms with van der Waals surface area (Å²) in [6, 6.07) is 5.25. The van der Waals surface area contributed by atoms with Crippen LogP contribution in [0, 0.1) is 11.6 Å². The smallest absolute Gasteiger partial charge is 0.389 e. The molecule has 0 unspecified atom stereocenters. The van der Waals surface area contributed by atoms with Crippen molar-refractivity contribution in [3.05, 3.63) is 53.2 Å². The van der Waals surface area contributed by atoms with Gasteiger partial charge in [-0.1, -0.05) is 6.07 Å². The Morgan fingerprint density at radius 3 is 2.53 bits per heavy atom. The molecule has 1 aromatic heterocycles. The summed E-state index contributed by atoms with van der Waals surface area (Å²) in [5, 5.41) is 0.300. The second-order valence-electron chi connectivity index (χ2n) is 6.16. The Kier molecular flexibility index (Phi) is 8.88. The van der Waals surface area contributed by atoms with Crippen LogP contribution in [0.15, 0.2) is 35.5 Å². The molecule has 4 nitrogen and oxygen atoms in total. The molecule has 0 radical (unpaired) electrons. The summed E-state index contributed by atoms with van der Waals surface area (Å²) in [5.74, 6) is -3.19. The van der Waals surface area contributed by atoms with Gasteiger partial charge in [0.05, 0.1) is 13.0 Å². The molecule has 2 rings (SSSR count). The van der Waals surface area contributed by atoms with Gasteiger partial charge in [-0.25, -0.2) is 13.8 Å². The number of nitrogens with zero attached hydrogens (tertiary/aromatic N) is 1. The molecule has 0 aliphatic heterocycles. The van der Waals surface area contributed by atoms with E-state index in [1.165, 1.54) is 6.20 Å². The SMILES string of the molecule is CCOC(=O)CCc1cc(F)c(OCc2cccnc2SCCC(F)(F)F)c(F)c1. The summed E-state index contributed by atoms with van der Waals surface area (Å²) >= 11 is 0.891. The fraction of sp³-hybridized carbons (Fsp3) is 0.400. The Bertz CT molecular complexity index is 838. The van der Waals surface area contributed by atoms with Crippen molar-refractivity contribution in [3.8, 4) is 5.75 Å². The molecule has 0 amide bonds. The molecule has 0 spiro atoms. The number of halogens is 5. The molecule has 0 bridgehead atoms. The predicted molar refractivity (Wildman–Crippen MR) is 101 cm³/mol. The van der Waals surface area contributed by atoms with Crippen LogP contribution in [0.4, 0.5) is 22.0 Å². The number of thioether (sulfide) groups is 1. The lowest BCUT2D eigenvalue weighted by atomic mass is 10.1. The predicted octanol–water partition coefficient (Wildman–Crippen LogP) is 5.48. The Labute approximate surface area is 174 Å². The van der Waals surface area contributed by atoms with Gasteiger partial charge in [0.1, 0.15) is 11.6 Å². The Morgan fingerprint density at radius 2 is 1.90 bits per heavy atom. The summed E-state index contributed by atoms with van der Waals surface area (Å²) < 4.78 is 75.6. The number of aryl methyl sites for hydroxylation is 1. The number of ether oxygens (including phenoxy) is 2. The van der Waals surface area contributed by atoms with Crippen molar-refractivity contribution in [3.63, 3.8) is 0 Å². The van der Waals surface area contributed by atoms with Crippen LogP contribution in [-0.4, -0.2) is 29.5 Å². The van der Waals surface area contributed by atoms with E-state index >= 15 is 0 Å². The van der Waals surface area contributed by atoms with Gasteiger partial charge in [0.25, 0.3) is 0 Å². The first-order chi connectivity index (χ1) is 14.2. The maximum absolute atomic E-state index is 14.3. The van der Waals surface area contributed by atoms with Crippen LogP contribution in [0.3, 0.4) is 0 Å². The van der Waals surface area contributed by atoms with E-state index in [-0.39, 0.29) is 37.4 Å². The number of hydrogen-bond donors (Lipinski definition) is 0. The summed E-state index contributed by atoms with van der Waals surface area (Å²) in [5.41, 5.74) is 0.685. The van der Waals surface area contributed by atoms with Gasteiger partial charge in [0.2, 0.25) is 0 Å². The molecule has 10 heteroatoms. The van der Waals surface area contributed by atoms with E-state index in [1.54, 1.807) is 19.1 Å². The second-order valence-corrected chi connectivity index (χ2v) is 7.25. The zero-order valence-electron chi connectivity index (χ0n) is 16.1. The first kappa shape index (κ1) is 23.9. The molecule has 1 aromatic carbocycles. The topological polar surface area (TPSA) is 48.4 Å². The van der Waals surface area contributed by atoms with Crippen LogP contribution in [0.2, 0.25) is 0 Å². The Balaban J connectivity index is 2.01. The van der Waals surface area contributed by atoms with Gasteiger partial charge < -0.3 is 9.47 Å². The van der Waals surface area contributed by atoms with Crippen molar-refractivity contribution < 1.29 is 36.2 Å². The van der Waals surface area contributed by atoms with Crippen LogP contribution < -0.4 is 4.74 Å². The first-order valence-corrected chi connectivity index (χ1v) is 10.1. The molecule has 0 aliphatic rings. The van der Waals surface area contributed by atoms with Crippen molar-refractivity contribution >= 4 is 17.7 Å². The van der Waals surface area contributed by atoms with E-state index in [9.17, 15) is 26.7 Å². The average Bonchev–Trinajstić information content (AvgIpc) is 2.66. The Morgan fingerprint density at radius 1 is 1.20 bits per heavy atom. The van der Waals surface area contributed by atoms with Gasteiger partial charge in [-0.3, -0.25) is 4.79 Å². The fourth-order valence-corrected chi connectivity index (χ4v) is 3.43. The summed E-state index contributed by atoms with van der Waals surface area (Å²) in [6.07, 6.45) is -3.75. The lowest BCUT2D eigenvalue weighted by Crippen LogP contribution is -2.09. The molecule has 0 saturated carbocycles. The van der Waals surface area contributed by atoms with Gasteiger partial charge in [-0.2, -0.15) is 13.2 Å². The molecule has 0 N–H and O–H groups in total. The molecule has 0 aliphatic carbocycles. The third kappa shape index (κ3) is 7.81. The number of aromatic nitrogens is 1. The quantitative estimate of drug-likeness (QED) is 0.273. The molecule has 164 valence electrons. The van der Waals surface area contributed by atoms with Crippen molar-refractivity contribution in [2.45, 2.75) is 44.0 Å². The third-order valence-electron chi connectivity index (χ3n) is 3.83. The average molecular weight is 449 g/mol. The third-order valence-corrected chi connectivity index (χ3v) is 4.88. The lowest BCUT2D eigenvalue weighted by molar-refractivity contribution is -0.143. The zero-order valence-corrected chi connectivity index (χ0v) is 16.9. The van der Waals surface area contributed by atoms with E-state index in [4.69, 9.17) is 9.47 Å². The van der Waals surface area contributed by atoms with Crippen molar-refractivity contribution in [2.24, 2.45) is 0 Å². The molecular weight excluding hydrogens is 429 g/mol. The second kappa shape index (κ2) is 11.1. The van der Waals surface area contributed by atoms with Gasteiger partial charge in [-0.15, -0.1) is 11.8 Å². The molecule has 0 atom stereocenters. The number of benzene rings is 1. The van der Waals surface area contributed by atoms with Crippen LogP contribution in [-0.2, 0) is 22.6 Å². The summed E-state index contributed by atoms with van der Waals surface area (Å²) in [6.45, 7) is 1.61. The number of esters is 1. The standard InChI is InChI=1S/C20H20F5NO3S/c1-2-28-17(27)6-5-13-10-15(21)18(16(22)11-13)29-12-14-4-3-8-26-19(14)30-9-7-20(23,24)25/h3-4,8,10-11H,2,5-7,9,12H2,1H3. The van der Waals surface area contributed by atoms with E-state index in [0.29, 0.717) is 10.6 Å². The molecular formula is C20H20F5NO3S. The number of hydrogen-bond acceptors (Lipinski definition) is 5. The van der Waals surface area contributed by atoms with Gasteiger partial charge in [0, 0.05) is 23.9 Å². The van der Waals surface area contributed by atoms with E-state index in [2.05, 4.69) is 4.98 Å². The zero-order chi connectivity index (χ0) is 22.1. The molecule has 30 heavy (non-hydrogen) atoms. The lowest BCUT2D eigenvalue weighted by Gasteiger charge is -2.12. The number of carbonyl (C=O) groups excluding carboxylic acids is 1. The van der Waals surface area contributed by atoms with Crippen molar-refractivity contribution in [2.75, 3.05) is 12.4 Å². The molecule has 0 saturated heterocycles. The molecule has 1 heterocycles. The van der Waals surface area contributed by atoms with Gasteiger partial charge in [-0.05, 0) is 37.1 Å². The maximum Gasteiger partial charge on any atom is 0.389 e. The maximum atomic E-state index is 14.3. The van der Waals surface area contributed by atoms with Gasteiger partial charge >= 0.3 is 12.1 Å². The van der Waals surface area contributed by atoms with E-state index in [0.717, 1.165) is 23.9 Å². The van der Waals surface area contributed by atoms with Crippen molar-refractivity contribution in [1.82, 2.24) is 4.98 Å². The van der Waals surface area contributed by atoms with Crippen LogP contribution in [0.5, 0.6) is 5.75 Å². The minimum atomic E-state index is -4.28. The van der Waals surface area contributed by atoms with Crippen molar-refractivity contribution in [1.29, 1.82) is 0 Å². The number of pyridine rings is 1. The minimum Gasteiger partial charge on any atom is -0.483 e. The normalized spacial score (nSPS) is 11.4. The highest BCUT2D eigenvalue weighted by atomic mass is 32.2. The monoisotopic (exact) mass is 449 g/mol. The molecule has 2 aromatic rings. The van der Waals surface area contributed by atoms with E-state index < -0.39 is 36.0 Å². The highest BCUT2D eigenvalue weighted by Gasteiger charge is 2.26. The largest absolute Gasteiger partial charge is 0.483 e.